The van der Waals surface area contributed by atoms with Gasteiger partial charge in [-0.2, -0.15) is 0 Å². The Kier molecular flexibility index (Phi) is 6.66. The van der Waals surface area contributed by atoms with Gasteiger partial charge >= 0.3 is 5.97 Å². The number of carbonyl (C=O) groups excluding carboxylic acids is 1. The largest absolute Gasteiger partial charge is 0.469 e. The van der Waals surface area contributed by atoms with Crippen LogP contribution >= 0.6 is 0 Å². The van der Waals surface area contributed by atoms with Crippen LogP contribution < -0.4 is 0 Å². The number of hydrogen-bond acceptors (Lipinski definition) is 3. The Bertz CT molecular complexity index is 368. The highest BCUT2D eigenvalue weighted by molar-refractivity contribution is 5.65. The molecule has 3 nitrogen and oxygen atoms in total. The highest BCUT2D eigenvalue weighted by atomic mass is 16.5. The third-order valence-corrected chi connectivity index (χ3v) is 2.18. The number of furan rings is 1. The molecule has 0 fully saturated rings. The van der Waals surface area contributed by atoms with Crippen LogP contribution in [0.15, 0.2) is 22.8 Å². The summed E-state index contributed by atoms with van der Waals surface area (Å²) in [6.07, 6.45) is 6.13. The lowest BCUT2D eigenvalue weighted by Crippen LogP contribution is -1.99. The lowest BCUT2D eigenvalue weighted by molar-refractivity contribution is -0.141. The van der Waals surface area contributed by atoms with E-state index in [-0.39, 0.29) is 5.97 Å². The van der Waals surface area contributed by atoms with Crippen LogP contribution in [0.2, 0.25) is 0 Å². The first-order valence-corrected chi connectivity index (χ1v) is 5.90. The number of unbranched alkanes of at least 4 members (excludes halogenated alkanes) is 2. The SMILES string of the molecule is CC(=O)OCCCC#CCCCc1ccco1. The monoisotopic (exact) mass is 234 g/mol. The zero-order chi connectivity index (χ0) is 12.3. The van der Waals surface area contributed by atoms with Crippen LogP contribution in [0.3, 0.4) is 0 Å². The molecule has 1 rings (SSSR count). The predicted molar refractivity (Wildman–Crippen MR) is 65.3 cm³/mol. The van der Waals surface area contributed by atoms with Gasteiger partial charge in [0.05, 0.1) is 12.9 Å². The summed E-state index contributed by atoms with van der Waals surface area (Å²) in [4.78, 5) is 10.5. The first-order valence-electron chi connectivity index (χ1n) is 5.90. The van der Waals surface area contributed by atoms with Crippen molar-refractivity contribution in [1.82, 2.24) is 0 Å². The molecule has 17 heavy (non-hydrogen) atoms. The number of aryl methyl sites for hydroxylation is 1. The first kappa shape index (κ1) is 13.4. The van der Waals surface area contributed by atoms with Gasteiger partial charge in [-0.15, -0.1) is 11.8 Å². The lowest BCUT2D eigenvalue weighted by atomic mass is 10.2. The Labute approximate surface area is 102 Å². The molecule has 0 N–H and O–H groups in total. The average Bonchev–Trinajstić information content (AvgIpc) is 2.79. The van der Waals surface area contributed by atoms with Crippen molar-refractivity contribution < 1.29 is 13.9 Å². The van der Waals surface area contributed by atoms with Crippen molar-refractivity contribution in [2.24, 2.45) is 0 Å². The van der Waals surface area contributed by atoms with Crippen molar-refractivity contribution >= 4 is 5.97 Å². The van der Waals surface area contributed by atoms with Gasteiger partial charge in [0.2, 0.25) is 0 Å². The van der Waals surface area contributed by atoms with E-state index < -0.39 is 0 Å². The Hall–Kier alpha value is -1.69. The van der Waals surface area contributed by atoms with E-state index in [0.29, 0.717) is 6.61 Å². The third-order valence-electron chi connectivity index (χ3n) is 2.18. The number of esters is 1. The maximum Gasteiger partial charge on any atom is 0.302 e. The lowest BCUT2D eigenvalue weighted by Gasteiger charge is -1.96. The number of carbonyl (C=O) groups is 1. The molecule has 92 valence electrons. The van der Waals surface area contributed by atoms with Gasteiger partial charge in [0.15, 0.2) is 0 Å². The summed E-state index contributed by atoms with van der Waals surface area (Å²) >= 11 is 0. The van der Waals surface area contributed by atoms with Gasteiger partial charge in [-0.05, 0) is 25.0 Å². The Balaban J connectivity index is 1.94. The molecule has 1 aromatic heterocycles. The van der Waals surface area contributed by atoms with E-state index >= 15 is 0 Å². The fourth-order valence-corrected chi connectivity index (χ4v) is 1.36. The zero-order valence-corrected chi connectivity index (χ0v) is 10.2. The summed E-state index contributed by atoms with van der Waals surface area (Å²) in [5.74, 6) is 6.96. The summed E-state index contributed by atoms with van der Waals surface area (Å²) in [7, 11) is 0. The molecule has 0 aliphatic carbocycles. The van der Waals surface area contributed by atoms with Crippen molar-refractivity contribution in [3.63, 3.8) is 0 Å². The molecule has 0 atom stereocenters. The van der Waals surface area contributed by atoms with Crippen LogP contribution in [0.1, 0.15) is 38.4 Å². The third kappa shape index (κ3) is 7.24. The summed E-state index contributed by atoms with van der Waals surface area (Å²) in [5.41, 5.74) is 0. The Morgan fingerprint density at radius 2 is 2.12 bits per heavy atom. The molecular weight excluding hydrogens is 216 g/mol. The maximum atomic E-state index is 10.5. The van der Waals surface area contributed by atoms with Crippen LogP contribution in [0.4, 0.5) is 0 Å². The van der Waals surface area contributed by atoms with Crippen molar-refractivity contribution in [1.29, 1.82) is 0 Å². The van der Waals surface area contributed by atoms with Crippen LogP contribution in [-0.4, -0.2) is 12.6 Å². The summed E-state index contributed by atoms with van der Waals surface area (Å²) in [5, 5.41) is 0. The van der Waals surface area contributed by atoms with E-state index in [4.69, 9.17) is 9.15 Å². The smallest absolute Gasteiger partial charge is 0.302 e. The molecule has 0 radical (unpaired) electrons. The number of ether oxygens (including phenoxy) is 1. The average molecular weight is 234 g/mol. The van der Waals surface area contributed by atoms with Gasteiger partial charge in [0.25, 0.3) is 0 Å². The first-order chi connectivity index (χ1) is 8.29. The van der Waals surface area contributed by atoms with Gasteiger partial charge in [-0.1, -0.05) is 0 Å². The van der Waals surface area contributed by atoms with E-state index in [0.717, 1.165) is 37.9 Å². The molecule has 0 aliphatic heterocycles. The van der Waals surface area contributed by atoms with Crippen LogP contribution in [0.25, 0.3) is 0 Å². The van der Waals surface area contributed by atoms with Gasteiger partial charge in [0.1, 0.15) is 5.76 Å². The van der Waals surface area contributed by atoms with Crippen LogP contribution in [0, 0.1) is 11.8 Å². The maximum absolute atomic E-state index is 10.5. The molecule has 0 saturated heterocycles. The van der Waals surface area contributed by atoms with Gasteiger partial charge in [-0.3, -0.25) is 4.79 Å². The van der Waals surface area contributed by atoms with Crippen molar-refractivity contribution in [2.45, 2.75) is 39.0 Å². The van der Waals surface area contributed by atoms with Gasteiger partial charge in [-0.25, -0.2) is 0 Å². The van der Waals surface area contributed by atoms with E-state index in [1.54, 1.807) is 6.26 Å². The molecule has 0 aromatic carbocycles. The van der Waals surface area contributed by atoms with Crippen LogP contribution in [-0.2, 0) is 16.0 Å². The van der Waals surface area contributed by atoms with E-state index in [1.807, 2.05) is 12.1 Å². The van der Waals surface area contributed by atoms with E-state index in [2.05, 4.69) is 11.8 Å². The molecule has 1 heterocycles. The second-order valence-electron chi connectivity index (χ2n) is 3.73. The highest BCUT2D eigenvalue weighted by Crippen LogP contribution is 2.04. The molecule has 0 amide bonds. The number of hydrogen-bond donors (Lipinski definition) is 0. The quantitative estimate of drug-likeness (QED) is 0.431. The second-order valence-corrected chi connectivity index (χ2v) is 3.73. The molecular formula is C14H18O3. The van der Waals surface area contributed by atoms with Crippen molar-refractivity contribution in [3.05, 3.63) is 24.2 Å². The molecule has 0 aliphatic rings. The summed E-state index contributed by atoms with van der Waals surface area (Å²) in [6.45, 7) is 1.89. The molecule has 0 unspecified atom stereocenters. The summed E-state index contributed by atoms with van der Waals surface area (Å²) < 4.78 is 10.0. The Morgan fingerprint density at radius 1 is 1.35 bits per heavy atom. The van der Waals surface area contributed by atoms with Crippen molar-refractivity contribution in [2.75, 3.05) is 6.61 Å². The molecule has 3 heteroatoms. The minimum atomic E-state index is -0.226. The highest BCUT2D eigenvalue weighted by Gasteiger charge is 1.93. The molecule has 0 bridgehead atoms. The van der Waals surface area contributed by atoms with Crippen LogP contribution in [0.5, 0.6) is 0 Å². The Morgan fingerprint density at radius 3 is 2.76 bits per heavy atom. The van der Waals surface area contributed by atoms with Crippen molar-refractivity contribution in [3.8, 4) is 11.8 Å². The summed E-state index contributed by atoms with van der Waals surface area (Å²) in [6, 6.07) is 3.88. The normalized spacial score (nSPS) is 9.47. The number of rotatable bonds is 6. The molecule has 0 spiro atoms. The fourth-order valence-electron chi connectivity index (χ4n) is 1.36. The van der Waals surface area contributed by atoms with E-state index in [9.17, 15) is 4.79 Å². The van der Waals surface area contributed by atoms with Gasteiger partial charge < -0.3 is 9.15 Å². The topological polar surface area (TPSA) is 39.4 Å². The molecule has 0 saturated carbocycles. The second kappa shape index (κ2) is 8.46. The van der Waals surface area contributed by atoms with Gasteiger partial charge in [0, 0.05) is 26.2 Å². The minimum Gasteiger partial charge on any atom is -0.469 e. The van der Waals surface area contributed by atoms with E-state index in [1.165, 1.54) is 6.92 Å². The fraction of sp³-hybridized carbons (Fsp3) is 0.500. The predicted octanol–water partition coefficient (Wildman–Crippen LogP) is 2.95. The minimum absolute atomic E-state index is 0.226. The zero-order valence-electron chi connectivity index (χ0n) is 10.2. The standard InChI is InChI=1S/C14H18O3/c1-13(15)16-11-7-5-3-2-4-6-9-14-10-8-12-17-14/h8,10,12H,4-7,9,11H2,1H3. The molecule has 1 aromatic rings.